The zero-order valence-electron chi connectivity index (χ0n) is 17.8. The van der Waals surface area contributed by atoms with Crippen molar-refractivity contribution < 1.29 is 19.5 Å². The van der Waals surface area contributed by atoms with Crippen LogP contribution in [0, 0.1) is 47.3 Å². The molecule has 10 atom stereocenters. The second-order valence-electron chi connectivity index (χ2n) is 11.5. The maximum Gasteiger partial charge on any atom is 0.325 e. The van der Waals surface area contributed by atoms with E-state index in [1.165, 1.54) is 12.8 Å². The van der Waals surface area contributed by atoms with Crippen molar-refractivity contribution in [2.75, 3.05) is 13.1 Å². The van der Waals surface area contributed by atoms with Crippen molar-refractivity contribution in [1.82, 2.24) is 15.5 Å². The Hall–Kier alpha value is -2.41. The summed E-state index contributed by atoms with van der Waals surface area (Å²) in [6.45, 7) is -0.0524. The highest BCUT2D eigenvalue weighted by molar-refractivity contribution is 6.09. The smallest absolute Gasteiger partial charge is 0.325 e. The Morgan fingerprint density at radius 3 is 2.75 bits per heavy atom. The van der Waals surface area contributed by atoms with Gasteiger partial charge in [0.05, 0.1) is 5.60 Å². The van der Waals surface area contributed by atoms with E-state index in [-0.39, 0.29) is 24.9 Å². The quantitative estimate of drug-likeness (QED) is 0.617. The Labute approximate surface area is 185 Å². The molecular weight excluding hydrogens is 406 g/mol. The summed E-state index contributed by atoms with van der Waals surface area (Å²) in [5.41, 5.74) is 0.0607. The van der Waals surface area contributed by atoms with Crippen LogP contribution in [-0.2, 0) is 21.5 Å². The second kappa shape index (κ2) is 5.38. The molecule has 6 fully saturated rings. The summed E-state index contributed by atoms with van der Waals surface area (Å²) in [7, 11) is 0. The molecular formula is C25H27N3O4. The predicted octanol–water partition coefficient (Wildman–Crippen LogP) is 1.00. The topological polar surface area (TPSA) is 98.7 Å². The summed E-state index contributed by atoms with van der Waals surface area (Å²) in [6, 6.07) is 7.17. The number of fused-ring (bicyclic) bond motifs is 4. The molecule has 6 aliphatic carbocycles. The van der Waals surface area contributed by atoms with Gasteiger partial charge >= 0.3 is 6.03 Å². The van der Waals surface area contributed by atoms with Gasteiger partial charge in [0, 0.05) is 6.54 Å². The van der Waals surface area contributed by atoms with Crippen LogP contribution in [0.2, 0.25) is 0 Å². The van der Waals surface area contributed by atoms with Gasteiger partial charge in [-0.1, -0.05) is 24.3 Å². The largest absolute Gasteiger partial charge is 0.387 e. The molecule has 7 aliphatic rings. The minimum atomic E-state index is -1.04. The van der Waals surface area contributed by atoms with Gasteiger partial charge in [0.2, 0.25) is 5.91 Å². The van der Waals surface area contributed by atoms with Crippen LogP contribution in [0.4, 0.5) is 4.79 Å². The fourth-order valence-corrected chi connectivity index (χ4v) is 10.1. The molecule has 1 saturated heterocycles. The first-order chi connectivity index (χ1) is 15.4. The highest BCUT2D eigenvalue weighted by Crippen LogP contribution is 2.85. The lowest BCUT2D eigenvalue weighted by molar-refractivity contribution is -0.140. The number of urea groups is 1. The van der Waals surface area contributed by atoms with E-state index >= 15 is 0 Å². The standard InChI is InChI=1S/C25H27N3O4/c29-17(9-28-22(30)24(27-23(28)31)6-5-11-3-1-2-4-16(11)24)26-10-25(32)20-13-8-14-18-12(13)7-15(20)19(18)21(14)25/h1-4,12-15,18-21,32H,5-10H2,(H,26,29)(H,27,31). The van der Waals surface area contributed by atoms with E-state index in [1.807, 2.05) is 24.3 Å². The minimum Gasteiger partial charge on any atom is -0.387 e. The molecule has 1 heterocycles. The lowest BCUT2D eigenvalue weighted by Crippen LogP contribution is -2.59. The van der Waals surface area contributed by atoms with E-state index in [9.17, 15) is 19.5 Å². The zero-order valence-corrected chi connectivity index (χ0v) is 17.8. The Morgan fingerprint density at radius 1 is 1.09 bits per heavy atom. The zero-order chi connectivity index (χ0) is 21.6. The molecule has 7 nitrogen and oxygen atoms in total. The van der Waals surface area contributed by atoms with Crippen molar-refractivity contribution in [3.8, 4) is 0 Å². The maximum atomic E-state index is 13.3. The van der Waals surface area contributed by atoms with Crippen molar-refractivity contribution in [1.29, 1.82) is 0 Å². The summed E-state index contributed by atoms with van der Waals surface area (Å²) < 4.78 is 0. The van der Waals surface area contributed by atoms with Gasteiger partial charge in [-0.3, -0.25) is 14.5 Å². The maximum absolute atomic E-state index is 13.3. The molecule has 3 N–H and O–H groups in total. The van der Waals surface area contributed by atoms with E-state index < -0.39 is 17.2 Å². The number of rotatable bonds is 4. The number of aryl methyl sites for hydroxylation is 1. The molecule has 0 radical (unpaired) electrons. The van der Waals surface area contributed by atoms with Crippen molar-refractivity contribution in [3.05, 3.63) is 35.4 Å². The lowest BCUT2D eigenvalue weighted by Gasteiger charge is -2.51. The third-order valence-corrected chi connectivity index (χ3v) is 10.8. The highest BCUT2D eigenvalue weighted by atomic mass is 16.3. The monoisotopic (exact) mass is 433 g/mol. The Balaban J connectivity index is 0.987. The SMILES string of the molecule is O=C(CN1C(=O)NC2(CCc3ccccc32)C1=O)NCC1(O)C2C3CC4C5C3CC2C5C41. The van der Waals surface area contributed by atoms with Crippen LogP contribution in [0.15, 0.2) is 24.3 Å². The lowest BCUT2D eigenvalue weighted by atomic mass is 9.56. The summed E-state index contributed by atoms with van der Waals surface area (Å²) in [5.74, 6) is 4.20. The Kier molecular flexibility index (Phi) is 3.04. The van der Waals surface area contributed by atoms with E-state index in [0.29, 0.717) is 41.9 Å². The first-order valence-electron chi connectivity index (χ1n) is 12.2. The summed E-state index contributed by atoms with van der Waals surface area (Å²) in [5, 5.41) is 17.5. The first-order valence-corrected chi connectivity index (χ1v) is 12.2. The normalized spacial score (nSPS) is 49.8. The summed E-state index contributed by atoms with van der Waals surface area (Å²) in [4.78, 5) is 39.8. The van der Waals surface area contributed by atoms with Gasteiger partial charge in [-0.2, -0.15) is 0 Å². The number of carbonyl (C=O) groups is 3. The number of nitrogens with zero attached hydrogens (tertiary/aromatic N) is 1. The number of imide groups is 1. The molecule has 4 amide bonds. The van der Waals surface area contributed by atoms with Crippen LogP contribution < -0.4 is 10.6 Å². The molecule has 2 bridgehead atoms. The van der Waals surface area contributed by atoms with Crippen molar-refractivity contribution in [2.24, 2.45) is 47.3 Å². The van der Waals surface area contributed by atoms with E-state index in [1.54, 1.807) is 0 Å². The molecule has 1 spiro atoms. The third-order valence-electron chi connectivity index (χ3n) is 10.8. The number of carbonyl (C=O) groups excluding carboxylic acids is 3. The summed E-state index contributed by atoms with van der Waals surface area (Å²) in [6.07, 6.45) is 3.80. The van der Waals surface area contributed by atoms with Crippen LogP contribution in [0.1, 0.15) is 30.4 Å². The van der Waals surface area contributed by atoms with Gasteiger partial charge in [-0.25, -0.2) is 4.79 Å². The van der Waals surface area contributed by atoms with Crippen LogP contribution in [-0.4, -0.2) is 46.5 Å². The molecule has 1 aromatic rings. The van der Waals surface area contributed by atoms with Gasteiger partial charge < -0.3 is 15.7 Å². The molecule has 166 valence electrons. The molecule has 8 rings (SSSR count). The average Bonchev–Trinajstić information content (AvgIpc) is 3.47. The molecule has 0 aromatic heterocycles. The number of hydrogen-bond acceptors (Lipinski definition) is 4. The van der Waals surface area contributed by atoms with Crippen LogP contribution in [0.25, 0.3) is 0 Å². The van der Waals surface area contributed by atoms with Crippen molar-refractivity contribution in [2.45, 2.75) is 36.8 Å². The molecule has 1 aliphatic heterocycles. The number of aliphatic hydroxyl groups is 1. The van der Waals surface area contributed by atoms with Gasteiger partial charge in [-0.05, 0) is 84.2 Å². The molecule has 1 aromatic carbocycles. The molecule has 5 saturated carbocycles. The molecule has 7 heteroatoms. The van der Waals surface area contributed by atoms with E-state index in [2.05, 4.69) is 10.6 Å². The number of hydrogen-bond donors (Lipinski definition) is 3. The van der Waals surface area contributed by atoms with Crippen LogP contribution >= 0.6 is 0 Å². The first kappa shape index (κ1) is 18.1. The van der Waals surface area contributed by atoms with Crippen LogP contribution in [0.3, 0.4) is 0 Å². The van der Waals surface area contributed by atoms with Gasteiger partial charge in [0.15, 0.2) is 0 Å². The van der Waals surface area contributed by atoms with E-state index in [0.717, 1.165) is 34.3 Å². The number of nitrogens with one attached hydrogen (secondary N) is 2. The highest BCUT2D eigenvalue weighted by Gasteiger charge is 2.84. The Bertz CT molecular complexity index is 1110. The van der Waals surface area contributed by atoms with Crippen molar-refractivity contribution >= 4 is 17.8 Å². The average molecular weight is 434 g/mol. The fourth-order valence-electron chi connectivity index (χ4n) is 10.1. The van der Waals surface area contributed by atoms with Gasteiger partial charge in [-0.15, -0.1) is 0 Å². The summed E-state index contributed by atoms with van der Waals surface area (Å²) >= 11 is 0. The Morgan fingerprint density at radius 2 is 1.88 bits per heavy atom. The molecule has 32 heavy (non-hydrogen) atoms. The van der Waals surface area contributed by atoms with Gasteiger partial charge in [0.25, 0.3) is 5.91 Å². The van der Waals surface area contributed by atoms with Crippen molar-refractivity contribution in [3.63, 3.8) is 0 Å². The number of amides is 4. The second-order valence-corrected chi connectivity index (χ2v) is 11.5. The van der Waals surface area contributed by atoms with Crippen LogP contribution in [0.5, 0.6) is 0 Å². The third kappa shape index (κ3) is 1.75. The van der Waals surface area contributed by atoms with Gasteiger partial charge in [0.1, 0.15) is 12.1 Å². The molecule has 10 unspecified atom stereocenters. The van der Waals surface area contributed by atoms with E-state index in [4.69, 9.17) is 0 Å². The predicted molar refractivity (Wildman–Crippen MR) is 112 cm³/mol. The number of benzene rings is 1. The fraction of sp³-hybridized carbons (Fsp3) is 0.640. The minimum absolute atomic E-state index is 0.248.